The smallest absolute Gasteiger partial charge is 0.240 e. The second-order valence-corrected chi connectivity index (χ2v) is 6.32. The van der Waals surface area contributed by atoms with Crippen molar-refractivity contribution < 1.29 is 4.79 Å². The predicted octanol–water partition coefficient (Wildman–Crippen LogP) is 2.52. The lowest BCUT2D eigenvalue weighted by molar-refractivity contribution is -0.122. The number of aryl methyl sites for hydroxylation is 1. The molecule has 1 fully saturated rings. The maximum atomic E-state index is 12.6. The first-order valence-corrected chi connectivity index (χ1v) is 8.47. The zero-order chi connectivity index (χ0) is 16.5. The number of carbonyl (C=O) groups excluding carboxylic acids is 1. The van der Waals surface area contributed by atoms with Crippen LogP contribution in [-0.2, 0) is 17.9 Å². The fourth-order valence-electron chi connectivity index (χ4n) is 3.23. The van der Waals surface area contributed by atoms with Gasteiger partial charge in [-0.25, -0.2) is 9.67 Å². The summed E-state index contributed by atoms with van der Waals surface area (Å²) < 4.78 is 3.85. The van der Waals surface area contributed by atoms with Crippen LogP contribution in [0.15, 0.2) is 42.9 Å². The number of rotatable bonds is 6. The van der Waals surface area contributed by atoms with E-state index in [1.807, 2.05) is 46.6 Å². The average Bonchev–Trinajstić information content (AvgIpc) is 3.19. The number of benzene rings is 1. The summed E-state index contributed by atoms with van der Waals surface area (Å²) in [6.07, 6.45) is 5.80. The first kappa shape index (κ1) is 14.9. The molecule has 1 aromatic carbocycles. The van der Waals surface area contributed by atoms with Crippen LogP contribution in [0.2, 0.25) is 0 Å². The van der Waals surface area contributed by atoms with Crippen molar-refractivity contribution in [3.63, 3.8) is 0 Å². The van der Waals surface area contributed by atoms with E-state index in [1.54, 1.807) is 6.33 Å². The van der Waals surface area contributed by atoms with Gasteiger partial charge in [0.2, 0.25) is 5.91 Å². The van der Waals surface area contributed by atoms with Gasteiger partial charge in [-0.1, -0.05) is 18.2 Å². The van der Waals surface area contributed by atoms with Crippen LogP contribution in [0, 0.1) is 5.92 Å². The van der Waals surface area contributed by atoms with Gasteiger partial charge in [-0.15, -0.1) is 0 Å². The molecule has 24 heavy (non-hydrogen) atoms. The number of fused-ring (bicyclic) bond motifs is 1. The van der Waals surface area contributed by atoms with E-state index in [4.69, 9.17) is 0 Å². The maximum Gasteiger partial charge on any atom is 0.240 e. The van der Waals surface area contributed by atoms with Crippen molar-refractivity contribution in [1.82, 2.24) is 24.6 Å². The van der Waals surface area contributed by atoms with Gasteiger partial charge in [0.1, 0.15) is 18.7 Å². The van der Waals surface area contributed by atoms with Crippen LogP contribution >= 0.6 is 0 Å². The van der Waals surface area contributed by atoms with E-state index in [9.17, 15) is 4.79 Å². The quantitative estimate of drug-likeness (QED) is 0.758. The molecule has 0 saturated heterocycles. The van der Waals surface area contributed by atoms with Gasteiger partial charge < -0.3 is 9.88 Å². The first-order valence-electron chi connectivity index (χ1n) is 8.47. The number of hydrogen-bond donors (Lipinski definition) is 1. The van der Waals surface area contributed by atoms with Crippen LogP contribution in [-0.4, -0.2) is 25.2 Å². The Morgan fingerprint density at radius 2 is 2.17 bits per heavy atom. The van der Waals surface area contributed by atoms with E-state index in [-0.39, 0.29) is 11.9 Å². The SMILES string of the molecule is CCn1ncnc1[C@@H](NC(=O)Cn1ccc2ccccc21)C1CC1. The molecule has 2 heterocycles. The predicted molar refractivity (Wildman–Crippen MR) is 91.2 cm³/mol. The summed E-state index contributed by atoms with van der Waals surface area (Å²) in [4.78, 5) is 17.0. The first-order chi connectivity index (χ1) is 11.8. The van der Waals surface area contributed by atoms with Crippen LogP contribution < -0.4 is 5.32 Å². The molecule has 4 rings (SSSR count). The van der Waals surface area contributed by atoms with Gasteiger partial charge in [-0.2, -0.15) is 5.10 Å². The summed E-state index contributed by atoms with van der Waals surface area (Å²) in [6, 6.07) is 10.1. The normalized spacial score (nSPS) is 15.5. The monoisotopic (exact) mass is 323 g/mol. The van der Waals surface area contributed by atoms with Crippen molar-refractivity contribution in [1.29, 1.82) is 0 Å². The molecule has 0 aliphatic heterocycles. The van der Waals surface area contributed by atoms with E-state index in [0.29, 0.717) is 12.5 Å². The summed E-state index contributed by atoms with van der Waals surface area (Å²) in [6.45, 7) is 3.11. The Morgan fingerprint density at radius 3 is 2.96 bits per heavy atom. The summed E-state index contributed by atoms with van der Waals surface area (Å²) >= 11 is 0. The highest BCUT2D eigenvalue weighted by Gasteiger charge is 2.36. The van der Waals surface area contributed by atoms with Crippen LogP contribution in [0.3, 0.4) is 0 Å². The largest absolute Gasteiger partial charge is 0.344 e. The van der Waals surface area contributed by atoms with Crippen LogP contribution in [0.1, 0.15) is 31.6 Å². The van der Waals surface area contributed by atoms with Crippen molar-refractivity contribution in [2.45, 2.75) is 38.9 Å². The van der Waals surface area contributed by atoms with E-state index in [0.717, 1.165) is 36.1 Å². The molecule has 1 saturated carbocycles. The Balaban J connectivity index is 1.52. The van der Waals surface area contributed by atoms with Gasteiger partial charge >= 0.3 is 0 Å². The second kappa shape index (κ2) is 6.11. The van der Waals surface area contributed by atoms with Crippen LogP contribution in [0.25, 0.3) is 10.9 Å². The number of carbonyl (C=O) groups is 1. The Kier molecular flexibility index (Phi) is 3.80. The molecule has 0 spiro atoms. The third-order valence-electron chi connectivity index (χ3n) is 4.63. The third-order valence-corrected chi connectivity index (χ3v) is 4.63. The molecular formula is C18H21N5O. The molecule has 1 N–H and O–H groups in total. The topological polar surface area (TPSA) is 64.7 Å². The molecule has 0 bridgehead atoms. The zero-order valence-corrected chi connectivity index (χ0v) is 13.7. The van der Waals surface area contributed by atoms with Gasteiger partial charge in [0.25, 0.3) is 0 Å². The van der Waals surface area contributed by atoms with Crippen molar-refractivity contribution in [2.75, 3.05) is 0 Å². The molecule has 1 amide bonds. The van der Waals surface area contributed by atoms with E-state index < -0.39 is 0 Å². The fourth-order valence-corrected chi connectivity index (χ4v) is 3.23. The van der Waals surface area contributed by atoms with Gasteiger partial charge in [0, 0.05) is 18.3 Å². The highest BCUT2D eigenvalue weighted by atomic mass is 16.2. The molecule has 6 heteroatoms. The second-order valence-electron chi connectivity index (χ2n) is 6.32. The molecule has 124 valence electrons. The number of amides is 1. The fraction of sp³-hybridized carbons (Fsp3) is 0.389. The molecule has 1 aliphatic rings. The highest BCUT2D eigenvalue weighted by Crippen LogP contribution is 2.40. The molecule has 1 aliphatic carbocycles. The molecule has 0 radical (unpaired) electrons. The third kappa shape index (κ3) is 2.79. The average molecular weight is 323 g/mol. The minimum absolute atomic E-state index is 0.0129. The van der Waals surface area contributed by atoms with Crippen molar-refractivity contribution in [3.05, 3.63) is 48.7 Å². The minimum atomic E-state index is -0.0400. The minimum Gasteiger partial charge on any atom is -0.344 e. The standard InChI is InChI=1S/C18H21N5O/c1-2-23-18(19-12-20-23)17(14-7-8-14)21-16(24)11-22-10-9-13-5-3-4-6-15(13)22/h3-6,9-10,12,14,17H,2,7-8,11H2,1H3,(H,21,24)/t17-/m0/s1. The van der Waals surface area contributed by atoms with Gasteiger partial charge in [0.15, 0.2) is 0 Å². The van der Waals surface area contributed by atoms with Crippen molar-refractivity contribution >= 4 is 16.8 Å². The van der Waals surface area contributed by atoms with E-state index in [1.165, 1.54) is 0 Å². The molecule has 1 atom stereocenters. The van der Waals surface area contributed by atoms with Crippen LogP contribution in [0.4, 0.5) is 0 Å². The Hall–Kier alpha value is -2.63. The van der Waals surface area contributed by atoms with Gasteiger partial charge in [-0.05, 0) is 43.2 Å². The molecule has 6 nitrogen and oxygen atoms in total. The lowest BCUT2D eigenvalue weighted by Gasteiger charge is -2.18. The molecule has 0 unspecified atom stereocenters. The summed E-state index contributed by atoms with van der Waals surface area (Å²) in [5.41, 5.74) is 1.08. The van der Waals surface area contributed by atoms with Crippen molar-refractivity contribution in [3.8, 4) is 0 Å². The zero-order valence-electron chi connectivity index (χ0n) is 13.7. The van der Waals surface area contributed by atoms with Crippen molar-refractivity contribution in [2.24, 2.45) is 5.92 Å². The Morgan fingerprint density at radius 1 is 1.33 bits per heavy atom. The Bertz CT molecular complexity index is 861. The number of para-hydroxylation sites is 1. The molecule has 3 aromatic rings. The molecular weight excluding hydrogens is 302 g/mol. The van der Waals surface area contributed by atoms with E-state index >= 15 is 0 Å². The number of nitrogens with zero attached hydrogens (tertiary/aromatic N) is 4. The summed E-state index contributed by atoms with van der Waals surface area (Å²) in [7, 11) is 0. The van der Waals surface area contributed by atoms with Gasteiger partial charge in [0.05, 0.1) is 6.04 Å². The Labute approximate surface area is 140 Å². The van der Waals surface area contributed by atoms with E-state index in [2.05, 4.69) is 21.5 Å². The lowest BCUT2D eigenvalue weighted by Crippen LogP contribution is -2.34. The van der Waals surface area contributed by atoms with Gasteiger partial charge in [-0.3, -0.25) is 4.79 Å². The molecule has 2 aromatic heterocycles. The maximum absolute atomic E-state index is 12.6. The number of nitrogens with one attached hydrogen (secondary N) is 1. The highest BCUT2D eigenvalue weighted by molar-refractivity contribution is 5.83. The summed E-state index contributed by atoms with van der Waals surface area (Å²) in [5.74, 6) is 1.36. The number of aromatic nitrogens is 4. The lowest BCUT2D eigenvalue weighted by atomic mass is 10.1. The number of hydrogen-bond acceptors (Lipinski definition) is 3. The van der Waals surface area contributed by atoms with Crippen LogP contribution in [0.5, 0.6) is 0 Å². The summed E-state index contributed by atoms with van der Waals surface area (Å²) in [5, 5.41) is 8.56.